The fraction of sp³-hybridized carbons (Fsp3) is 0.250. The summed E-state index contributed by atoms with van der Waals surface area (Å²) in [4.78, 5) is 27.4. The molecule has 0 aliphatic carbocycles. The summed E-state index contributed by atoms with van der Waals surface area (Å²) in [5, 5.41) is 0. The first kappa shape index (κ1) is 22.4. The van der Waals surface area contributed by atoms with E-state index in [2.05, 4.69) is 15.0 Å². The van der Waals surface area contributed by atoms with Crippen molar-refractivity contribution in [3.63, 3.8) is 0 Å². The molecule has 0 saturated carbocycles. The maximum absolute atomic E-state index is 13.3. The minimum Gasteiger partial charge on any atom is -0.311 e. The molecule has 0 aliphatic heterocycles. The summed E-state index contributed by atoms with van der Waals surface area (Å²) in [6, 6.07) is 10.8. The lowest BCUT2D eigenvalue weighted by molar-refractivity contribution is -0.137. The van der Waals surface area contributed by atoms with Crippen LogP contribution in [0.3, 0.4) is 0 Å². The third-order valence-electron chi connectivity index (χ3n) is 5.60. The Morgan fingerprint density at radius 1 is 1.03 bits per heavy atom. The van der Waals surface area contributed by atoms with Crippen molar-refractivity contribution in [2.45, 2.75) is 33.0 Å². The summed E-state index contributed by atoms with van der Waals surface area (Å²) in [6.07, 6.45) is 0.554. The third kappa shape index (κ3) is 5.02. The summed E-state index contributed by atoms with van der Waals surface area (Å²) in [5.74, 6) is -0.178. The normalized spacial score (nSPS) is 11.7. The van der Waals surface area contributed by atoms with Gasteiger partial charge in [-0.3, -0.25) is 4.79 Å². The van der Waals surface area contributed by atoms with Crippen molar-refractivity contribution in [2.24, 2.45) is 0 Å². The fourth-order valence-electron chi connectivity index (χ4n) is 3.55. The predicted molar refractivity (Wildman–Crippen MR) is 119 cm³/mol. The number of amides is 1. The van der Waals surface area contributed by atoms with Gasteiger partial charge in [0.15, 0.2) is 5.65 Å². The van der Waals surface area contributed by atoms with E-state index in [0.29, 0.717) is 29.7 Å². The standard InChI is InChI=1S/C24H22F3N5O/c1-16-3-8-20(11-17(16)2)32(10-9-18-4-6-19(7-5-18)24(25,26)27)22(33)13-31-15-30-21-12-28-14-29-23(21)31/h3-8,11-12,14-15H,9-10,13H2,1-2H3. The van der Waals surface area contributed by atoms with Gasteiger partial charge >= 0.3 is 6.18 Å². The lowest BCUT2D eigenvalue weighted by Gasteiger charge is -2.24. The van der Waals surface area contributed by atoms with Gasteiger partial charge in [0.25, 0.3) is 0 Å². The number of aromatic nitrogens is 4. The number of carbonyl (C=O) groups is 1. The summed E-state index contributed by atoms with van der Waals surface area (Å²) in [5.41, 5.74) is 4.04. The molecule has 0 aliphatic rings. The van der Waals surface area contributed by atoms with Gasteiger partial charge in [-0.05, 0) is 61.2 Å². The van der Waals surface area contributed by atoms with E-state index in [9.17, 15) is 18.0 Å². The Morgan fingerprint density at radius 3 is 2.48 bits per heavy atom. The van der Waals surface area contributed by atoms with Crippen LogP contribution in [0.2, 0.25) is 0 Å². The molecule has 4 rings (SSSR count). The maximum atomic E-state index is 13.3. The van der Waals surface area contributed by atoms with Gasteiger partial charge in [0.05, 0.1) is 18.1 Å². The van der Waals surface area contributed by atoms with E-state index in [1.807, 2.05) is 32.0 Å². The molecule has 6 nitrogen and oxygen atoms in total. The second-order valence-electron chi connectivity index (χ2n) is 7.86. The van der Waals surface area contributed by atoms with E-state index in [1.54, 1.807) is 22.0 Å². The highest BCUT2D eigenvalue weighted by Crippen LogP contribution is 2.29. The van der Waals surface area contributed by atoms with Gasteiger partial charge in [0.2, 0.25) is 5.91 Å². The summed E-state index contributed by atoms with van der Waals surface area (Å²) in [7, 11) is 0. The largest absolute Gasteiger partial charge is 0.416 e. The number of imidazole rings is 1. The first-order valence-electron chi connectivity index (χ1n) is 10.4. The molecule has 2 aromatic carbocycles. The Bertz CT molecular complexity index is 1280. The van der Waals surface area contributed by atoms with E-state index >= 15 is 0 Å². The van der Waals surface area contributed by atoms with Gasteiger partial charge in [-0.1, -0.05) is 18.2 Å². The molecule has 1 amide bonds. The Balaban J connectivity index is 1.57. The number of aryl methyl sites for hydroxylation is 2. The highest BCUT2D eigenvalue weighted by Gasteiger charge is 2.30. The molecule has 2 aromatic heterocycles. The smallest absolute Gasteiger partial charge is 0.311 e. The minimum absolute atomic E-state index is 0.0213. The number of halogens is 3. The molecule has 0 bridgehead atoms. The van der Waals surface area contributed by atoms with Gasteiger partial charge in [0, 0.05) is 12.2 Å². The maximum Gasteiger partial charge on any atom is 0.416 e. The van der Waals surface area contributed by atoms with E-state index < -0.39 is 11.7 Å². The second-order valence-corrected chi connectivity index (χ2v) is 7.86. The Morgan fingerprint density at radius 2 is 1.79 bits per heavy atom. The van der Waals surface area contributed by atoms with Crippen LogP contribution >= 0.6 is 0 Å². The van der Waals surface area contributed by atoms with Crippen molar-refractivity contribution in [2.75, 3.05) is 11.4 Å². The van der Waals surface area contributed by atoms with Gasteiger partial charge in [-0.15, -0.1) is 0 Å². The quantitative estimate of drug-likeness (QED) is 0.423. The SMILES string of the molecule is Cc1ccc(N(CCc2ccc(C(F)(F)F)cc2)C(=O)Cn2cnc3cncnc32)cc1C. The van der Waals surface area contributed by atoms with Crippen molar-refractivity contribution in [3.8, 4) is 0 Å². The minimum atomic E-state index is -4.38. The molecule has 33 heavy (non-hydrogen) atoms. The topological polar surface area (TPSA) is 63.9 Å². The zero-order chi connectivity index (χ0) is 23.6. The zero-order valence-electron chi connectivity index (χ0n) is 18.2. The average Bonchev–Trinajstić information content (AvgIpc) is 3.19. The molecule has 0 spiro atoms. The van der Waals surface area contributed by atoms with Crippen molar-refractivity contribution >= 4 is 22.8 Å². The number of fused-ring (bicyclic) bond motifs is 1. The molecule has 4 aromatic rings. The van der Waals surface area contributed by atoms with Crippen LogP contribution < -0.4 is 4.90 Å². The predicted octanol–water partition coefficient (Wildman–Crippen LogP) is 4.74. The fourth-order valence-corrected chi connectivity index (χ4v) is 3.55. The highest BCUT2D eigenvalue weighted by molar-refractivity contribution is 5.94. The van der Waals surface area contributed by atoms with Gasteiger partial charge in [-0.2, -0.15) is 13.2 Å². The molecular weight excluding hydrogens is 431 g/mol. The molecule has 9 heteroatoms. The Kier molecular flexibility index (Phi) is 6.13. The lowest BCUT2D eigenvalue weighted by Crippen LogP contribution is -2.35. The van der Waals surface area contributed by atoms with E-state index in [-0.39, 0.29) is 12.5 Å². The van der Waals surface area contributed by atoms with Crippen LogP contribution in [0, 0.1) is 13.8 Å². The number of anilines is 1. The van der Waals surface area contributed by atoms with E-state index in [1.165, 1.54) is 18.5 Å². The number of benzene rings is 2. The van der Waals surface area contributed by atoms with Crippen molar-refractivity contribution in [3.05, 3.63) is 83.6 Å². The molecule has 2 heterocycles. The van der Waals surface area contributed by atoms with Gasteiger partial charge in [-0.25, -0.2) is 15.0 Å². The molecule has 0 radical (unpaired) electrons. The number of nitrogens with zero attached hydrogens (tertiary/aromatic N) is 5. The number of rotatable bonds is 6. The Labute approximate surface area is 188 Å². The molecule has 0 saturated heterocycles. The molecule has 170 valence electrons. The van der Waals surface area contributed by atoms with Crippen LogP contribution in [-0.4, -0.2) is 32.0 Å². The number of alkyl halides is 3. The molecule has 0 N–H and O–H groups in total. The zero-order valence-corrected chi connectivity index (χ0v) is 18.2. The monoisotopic (exact) mass is 453 g/mol. The second kappa shape index (κ2) is 9.01. The molecule has 0 fully saturated rings. The lowest BCUT2D eigenvalue weighted by atomic mass is 10.1. The van der Waals surface area contributed by atoms with Crippen LogP contribution in [0.5, 0.6) is 0 Å². The third-order valence-corrected chi connectivity index (χ3v) is 5.60. The molecule has 0 unspecified atom stereocenters. The summed E-state index contributed by atoms with van der Waals surface area (Å²) >= 11 is 0. The van der Waals surface area contributed by atoms with Crippen LogP contribution in [0.25, 0.3) is 11.2 Å². The van der Waals surface area contributed by atoms with E-state index in [0.717, 1.165) is 28.9 Å². The number of hydrogen-bond donors (Lipinski definition) is 0. The molecular formula is C24H22F3N5O. The summed E-state index contributed by atoms with van der Waals surface area (Å²) in [6.45, 7) is 4.30. The highest BCUT2D eigenvalue weighted by atomic mass is 19.4. The van der Waals surface area contributed by atoms with Crippen LogP contribution in [-0.2, 0) is 23.9 Å². The van der Waals surface area contributed by atoms with Crippen molar-refractivity contribution in [1.82, 2.24) is 19.5 Å². The molecule has 0 atom stereocenters. The van der Waals surface area contributed by atoms with Crippen LogP contribution in [0.15, 0.2) is 61.3 Å². The first-order chi connectivity index (χ1) is 15.7. The average molecular weight is 453 g/mol. The van der Waals surface area contributed by atoms with Crippen molar-refractivity contribution in [1.29, 1.82) is 0 Å². The first-order valence-corrected chi connectivity index (χ1v) is 10.4. The van der Waals surface area contributed by atoms with Gasteiger partial charge < -0.3 is 9.47 Å². The van der Waals surface area contributed by atoms with Gasteiger partial charge in [0.1, 0.15) is 18.4 Å². The van der Waals surface area contributed by atoms with Crippen molar-refractivity contribution < 1.29 is 18.0 Å². The number of carbonyl (C=O) groups excluding carboxylic acids is 1. The van der Waals surface area contributed by atoms with Crippen LogP contribution in [0.4, 0.5) is 18.9 Å². The van der Waals surface area contributed by atoms with E-state index in [4.69, 9.17) is 0 Å². The van der Waals surface area contributed by atoms with Crippen LogP contribution in [0.1, 0.15) is 22.3 Å². The Hall–Kier alpha value is -3.75. The summed E-state index contributed by atoms with van der Waals surface area (Å²) < 4.78 is 40.2. The number of hydrogen-bond acceptors (Lipinski definition) is 4.